The Bertz CT molecular complexity index is 571. The molecule has 2 aromatic rings. The number of nitrogens with one attached hydrogen (secondary N) is 2. The third-order valence-corrected chi connectivity index (χ3v) is 2.92. The van der Waals surface area contributed by atoms with Crippen LogP contribution in [0, 0.1) is 0 Å². The smallest absolute Gasteiger partial charge is 0.238 e. The average molecular weight is 308 g/mol. The minimum Gasteiger partial charge on any atom is -0.323 e. The molecular formula is C13H14BrN3O. The molecule has 0 saturated carbocycles. The zero-order chi connectivity index (χ0) is 13.0. The Kier molecular flexibility index (Phi) is 4.28. The summed E-state index contributed by atoms with van der Waals surface area (Å²) in [6, 6.07) is 7.70. The number of nitrogens with zero attached hydrogens (tertiary/aromatic N) is 1. The SMILES string of the molecule is CCNCC(=O)Nc1cccc2cc(Br)cnc12. The normalized spacial score (nSPS) is 10.6. The van der Waals surface area contributed by atoms with E-state index in [9.17, 15) is 4.79 Å². The van der Waals surface area contributed by atoms with Crippen LogP contribution in [0.2, 0.25) is 0 Å². The number of pyridine rings is 1. The second-order valence-electron chi connectivity index (χ2n) is 3.86. The molecular weight excluding hydrogens is 294 g/mol. The first-order valence-corrected chi connectivity index (χ1v) is 6.55. The summed E-state index contributed by atoms with van der Waals surface area (Å²) in [6.45, 7) is 3.04. The van der Waals surface area contributed by atoms with Crippen molar-refractivity contribution in [2.75, 3.05) is 18.4 Å². The van der Waals surface area contributed by atoms with E-state index in [0.29, 0.717) is 6.54 Å². The summed E-state index contributed by atoms with van der Waals surface area (Å²) >= 11 is 3.38. The van der Waals surface area contributed by atoms with Gasteiger partial charge in [0.25, 0.3) is 0 Å². The van der Waals surface area contributed by atoms with Crippen LogP contribution in [0.3, 0.4) is 0 Å². The van der Waals surface area contributed by atoms with Crippen molar-refractivity contribution in [3.63, 3.8) is 0 Å². The van der Waals surface area contributed by atoms with Gasteiger partial charge in [-0.1, -0.05) is 19.1 Å². The van der Waals surface area contributed by atoms with E-state index >= 15 is 0 Å². The Balaban J connectivity index is 2.25. The molecule has 5 heteroatoms. The lowest BCUT2D eigenvalue weighted by atomic mass is 10.2. The molecule has 0 unspecified atom stereocenters. The van der Waals surface area contributed by atoms with Crippen molar-refractivity contribution >= 4 is 38.4 Å². The van der Waals surface area contributed by atoms with Gasteiger partial charge in [-0.3, -0.25) is 9.78 Å². The zero-order valence-corrected chi connectivity index (χ0v) is 11.6. The second-order valence-corrected chi connectivity index (χ2v) is 4.78. The van der Waals surface area contributed by atoms with Gasteiger partial charge in [0.15, 0.2) is 0 Å². The molecule has 0 aliphatic heterocycles. The summed E-state index contributed by atoms with van der Waals surface area (Å²) in [5.74, 6) is -0.0610. The molecule has 0 atom stereocenters. The van der Waals surface area contributed by atoms with Gasteiger partial charge in [0.2, 0.25) is 5.91 Å². The predicted molar refractivity (Wildman–Crippen MR) is 76.6 cm³/mol. The van der Waals surface area contributed by atoms with E-state index in [1.165, 1.54) is 0 Å². The van der Waals surface area contributed by atoms with Crippen molar-refractivity contribution in [1.82, 2.24) is 10.3 Å². The fraction of sp³-hybridized carbons (Fsp3) is 0.231. The molecule has 1 aromatic carbocycles. The lowest BCUT2D eigenvalue weighted by Gasteiger charge is -2.08. The van der Waals surface area contributed by atoms with Gasteiger partial charge < -0.3 is 10.6 Å². The van der Waals surface area contributed by atoms with Crippen LogP contribution < -0.4 is 10.6 Å². The summed E-state index contributed by atoms with van der Waals surface area (Å²) in [4.78, 5) is 16.0. The van der Waals surface area contributed by atoms with Crippen molar-refractivity contribution in [3.05, 3.63) is 34.9 Å². The zero-order valence-electron chi connectivity index (χ0n) is 10.0. The molecule has 2 rings (SSSR count). The van der Waals surface area contributed by atoms with Crippen LogP contribution in [-0.4, -0.2) is 24.0 Å². The molecule has 1 amide bonds. The first-order valence-electron chi connectivity index (χ1n) is 5.75. The van der Waals surface area contributed by atoms with Crippen LogP contribution in [0.1, 0.15) is 6.92 Å². The van der Waals surface area contributed by atoms with Gasteiger partial charge in [0.05, 0.1) is 17.7 Å². The fourth-order valence-electron chi connectivity index (χ4n) is 1.67. The highest BCUT2D eigenvalue weighted by molar-refractivity contribution is 9.10. The van der Waals surface area contributed by atoms with Crippen molar-refractivity contribution in [3.8, 4) is 0 Å². The van der Waals surface area contributed by atoms with E-state index in [2.05, 4.69) is 31.5 Å². The van der Waals surface area contributed by atoms with Crippen molar-refractivity contribution in [1.29, 1.82) is 0 Å². The first-order chi connectivity index (χ1) is 8.70. The van der Waals surface area contributed by atoms with E-state index in [4.69, 9.17) is 0 Å². The van der Waals surface area contributed by atoms with Gasteiger partial charge in [-0.25, -0.2) is 0 Å². The number of benzene rings is 1. The van der Waals surface area contributed by atoms with E-state index in [0.717, 1.165) is 27.6 Å². The number of anilines is 1. The number of para-hydroxylation sites is 1. The van der Waals surface area contributed by atoms with Crippen LogP contribution in [0.5, 0.6) is 0 Å². The fourth-order valence-corrected chi connectivity index (χ4v) is 2.02. The molecule has 0 bridgehead atoms. The maximum absolute atomic E-state index is 11.7. The van der Waals surface area contributed by atoms with E-state index in [1.807, 2.05) is 31.2 Å². The maximum atomic E-state index is 11.7. The summed E-state index contributed by atoms with van der Waals surface area (Å²) in [6.07, 6.45) is 1.72. The van der Waals surface area contributed by atoms with Gasteiger partial charge in [0.1, 0.15) is 0 Å². The molecule has 0 aliphatic rings. The highest BCUT2D eigenvalue weighted by Gasteiger charge is 2.06. The molecule has 1 aromatic heterocycles. The number of likely N-dealkylation sites (N-methyl/N-ethyl adjacent to an activating group) is 1. The Hall–Kier alpha value is -1.46. The molecule has 18 heavy (non-hydrogen) atoms. The van der Waals surface area contributed by atoms with Gasteiger partial charge in [-0.2, -0.15) is 0 Å². The third kappa shape index (κ3) is 3.05. The largest absolute Gasteiger partial charge is 0.323 e. The standard InChI is InChI=1S/C13H14BrN3O/c1-2-15-8-12(18)17-11-5-3-4-9-6-10(14)7-16-13(9)11/h3-7,15H,2,8H2,1H3,(H,17,18). The van der Waals surface area contributed by atoms with Gasteiger partial charge >= 0.3 is 0 Å². The molecule has 0 spiro atoms. The molecule has 0 aliphatic carbocycles. The van der Waals surface area contributed by atoms with Gasteiger partial charge in [-0.05, 0) is 34.6 Å². The summed E-state index contributed by atoms with van der Waals surface area (Å²) < 4.78 is 0.922. The molecule has 94 valence electrons. The minimum atomic E-state index is -0.0610. The molecule has 4 nitrogen and oxygen atoms in total. The molecule has 1 heterocycles. The summed E-state index contributed by atoms with van der Waals surface area (Å²) in [5, 5.41) is 6.84. The predicted octanol–water partition coefficient (Wildman–Crippen LogP) is 2.55. The highest BCUT2D eigenvalue weighted by atomic mass is 79.9. The number of halogens is 1. The monoisotopic (exact) mass is 307 g/mol. The Morgan fingerprint density at radius 1 is 1.44 bits per heavy atom. The maximum Gasteiger partial charge on any atom is 0.238 e. The van der Waals surface area contributed by atoms with Crippen molar-refractivity contribution < 1.29 is 4.79 Å². The summed E-state index contributed by atoms with van der Waals surface area (Å²) in [7, 11) is 0. The first kappa shape index (κ1) is 13.0. The minimum absolute atomic E-state index is 0.0610. The second kappa shape index (κ2) is 5.93. The van der Waals surface area contributed by atoms with Crippen molar-refractivity contribution in [2.24, 2.45) is 0 Å². The van der Waals surface area contributed by atoms with Crippen LogP contribution in [0.25, 0.3) is 10.9 Å². The number of amides is 1. The van der Waals surface area contributed by atoms with E-state index in [-0.39, 0.29) is 5.91 Å². The molecule has 0 fully saturated rings. The Morgan fingerprint density at radius 3 is 3.06 bits per heavy atom. The van der Waals surface area contributed by atoms with Gasteiger partial charge in [-0.15, -0.1) is 0 Å². The average Bonchev–Trinajstić information content (AvgIpc) is 2.36. The Morgan fingerprint density at radius 2 is 2.28 bits per heavy atom. The number of carbonyl (C=O) groups excluding carboxylic acids is 1. The quantitative estimate of drug-likeness (QED) is 0.912. The van der Waals surface area contributed by atoms with Crippen LogP contribution in [-0.2, 0) is 4.79 Å². The number of hydrogen-bond donors (Lipinski definition) is 2. The van der Waals surface area contributed by atoms with E-state index < -0.39 is 0 Å². The molecule has 0 saturated heterocycles. The van der Waals surface area contributed by atoms with Crippen LogP contribution in [0.4, 0.5) is 5.69 Å². The van der Waals surface area contributed by atoms with Crippen LogP contribution in [0.15, 0.2) is 34.9 Å². The number of rotatable bonds is 4. The number of aromatic nitrogens is 1. The lowest BCUT2D eigenvalue weighted by molar-refractivity contribution is -0.115. The molecule has 0 radical (unpaired) electrons. The Labute approximate surface area is 114 Å². The summed E-state index contributed by atoms with van der Waals surface area (Å²) in [5.41, 5.74) is 1.54. The number of hydrogen-bond acceptors (Lipinski definition) is 3. The van der Waals surface area contributed by atoms with Gasteiger partial charge in [0, 0.05) is 16.1 Å². The lowest BCUT2D eigenvalue weighted by Crippen LogP contribution is -2.27. The number of fused-ring (bicyclic) bond motifs is 1. The third-order valence-electron chi connectivity index (χ3n) is 2.49. The highest BCUT2D eigenvalue weighted by Crippen LogP contribution is 2.23. The van der Waals surface area contributed by atoms with Crippen LogP contribution >= 0.6 is 15.9 Å². The van der Waals surface area contributed by atoms with E-state index in [1.54, 1.807) is 6.20 Å². The van der Waals surface area contributed by atoms with Crippen molar-refractivity contribution in [2.45, 2.75) is 6.92 Å². The topological polar surface area (TPSA) is 54.0 Å². The number of carbonyl (C=O) groups is 1. The molecule has 2 N–H and O–H groups in total.